The molecule has 2 aromatic rings. The molecule has 6 heteroatoms. The normalized spacial score (nSPS) is 10.6. The number of aromatic nitrogens is 4. The predicted octanol–water partition coefficient (Wildman–Crippen LogP) is 1.71. The van der Waals surface area contributed by atoms with Gasteiger partial charge >= 0.3 is 5.97 Å². The number of nitrogens with zero attached hydrogens (tertiary/aromatic N) is 4. The molecule has 0 aromatic carbocycles. The highest BCUT2D eigenvalue weighted by Gasteiger charge is 2.03. The van der Waals surface area contributed by atoms with Crippen molar-refractivity contribution in [2.75, 3.05) is 0 Å². The Kier molecular flexibility index (Phi) is 5.23. The minimum absolute atomic E-state index is 0.217. The summed E-state index contributed by atoms with van der Waals surface area (Å²) in [5, 5.41) is 16.7. The Labute approximate surface area is 117 Å². The summed E-state index contributed by atoms with van der Waals surface area (Å²) >= 11 is 0. The van der Waals surface area contributed by atoms with Gasteiger partial charge in [-0.1, -0.05) is 11.3 Å². The van der Waals surface area contributed by atoms with Crippen molar-refractivity contribution in [2.45, 2.75) is 38.6 Å². The van der Waals surface area contributed by atoms with Gasteiger partial charge in [-0.05, 0) is 37.3 Å². The van der Waals surface area contributed by atoms with E-state index in [-0.39, 0.29) is 6.42 Å². The SMILES string of the molecule is O=C(O)CCCCc1cn(CCc2cccnc2)nn1. The predicted molar refractivity (Wildman–Crippen MR) is 73.2 cm³/mol. The topological polar surface area (TPSA) is 80.9 Å². The fraction of sp³-hybridized carbons (Fsp3) is 0.429. The maximum atomic E-state index is 10.4. The molecule has 1 N–H and O–H groups in total. The number of carboxylic acid groups (broad SMARTS) is 1. The second-order valence-electron chi connectivity index (χ2n) is 4.69. The number of hydrogen-bond acceptors (Lipinski definition) is 4. The Hall–Kier alpha value is -2.24. The molecule has 2 rings (SSSR count). The second kappa shape index (κ2) is 7.37. The summed E-state index contributed by atoms with van der Waals surface area (Å²) in [6.45, 7) is 0.772. The smallest absolute Gasteiger partial charge is 0.303 e. The Morgan fingerprint density at radius 1 is 1.30 bits per heavy atom. The van der Waals surface area contributed by atoms with E-state index in [0.717, 1.165) is 31.5 Å². The number of rotatable bonds is 8. The van der Waals surface area contributed by atoms with Crippen molar-refractivity contribution < 1.29 is 9.90 Å². The van der Waals surface area contributed by atoms with E-state index in [4.69, 9.17) is 5.11 Å². The molecule has 0 atom stereocenters. The molecule has 0 unspecified atom stereocenters. The van der Waals surface area contributed by atoms with Crippen LogP contribution in [0.25, 0.3) is 0 Å². The summed E-state index contributed by atoms with van der Waals surface area (Å²) in [7, 11) is 0. The third-order valence-corrected chi connectivity index (χ3v) is 3.01. The molecule has 0 saturated carbocycles. The van der Waals surface area contributed by atoms with Crippen LogP contribution in [-0.2, 0) is 24.2 Å². The summed E-state index contributed by atoms with van der Waals surface area (Å²) < 4.78 is 1.82. The van der Waals surface area contributed by atoms with Crippen LogP contribution in [0.3, 0.4) is 0 Å². The molecule has 0 radical (unpaired) electrons. The first-order valence-corrected chi connectivity index (χ1v) is 6.74. The average Bonchev–Trinajstić information content (AvgIpc) is 2.90. The quantitative estimate of drug-likeness (QED) is 0.741. The number of hydrogen-bond donors (Lipinski definition) is 1. The van der Waals surface area contributed by atoms with Crippen LogP contribution >= 0.6 is 0 Å². The molecule has 2 aromatic heterocycles. The van der Waals surface area contributed by atoms with Gasteiger partial charge in [-0.25, -0.2) is 0 Å². The van der Waals surface area contributed by atoms with Crippen LogP contribution in [0.15, 0.2) is 30.7 Å². The molecule has 0 saturated heterocycles. The summed E-state index contributed by atoms with van der Waals surface area (Å²) in [5.41, 5.74) is 2.09. The number of carbonyl (C=O) groups is 1. The fourth-order valence-electron chi connectivity index (χ4n) is 1.93. The first-order chi connectivity index (χ1) is 9.74. The van der Waals surface area contributed by atoms with Crippen LogP contribution in [-0.4, -0.2) is 31.1 Å². The van der Waals surface area contributed by atoms with Crippen LogP contribution in [0.4, 0.5) is 0 Å². The molecule has 20 heavy (non-hydrogen) atoms. The number of carboxylic acids is 1. The molecule has 0 bridgehead atoms. The zero-order valence-electron chi connectivity index (χ0n) is 11.3. The standard InChI is InChI=1S/C14H18N4O2/c19-14(20)6-2-1-5-13-11-18(17-16-13)9-7-12-4-3-8-15-10-12/h3-4,8,10-11H,1-2,5-7,9H2,(H,19,20). The molecule has 0 amide bonds. The van der Waals surface area contributed by atoms with Crippen LogP contribution in [0, 0.1) is 0 Å². The first kappa shape index (κ1) is 14.2. The average molecular weight is 274 g/mol. The van der Waals surface area contributed by atoms with Crippen LogP contribution < -0.4 is 0 Å². The lowest BCUT2D eigenvalue weighted by Gasteiger charge is -2.00. The lowest BCUT2D eigenvalue weighted by atomic mass is 10.1. The Bertz CT molecular complexity index is 539. The zero-order valence-corrected chi connectivity index (χ0v) is 11.3. The second-order valence-corrected chi connectivity index (χ2v) is 4.69. The molecule has 0 aliphatic heterocycles. The third kappa shape index (κ3) is 4.79. The van der Waals surface area contributed by atoms with E-state index in [1.54, 1.807) is 6.20 Å². The van der Waals surface area contributed by atoms with E-state index in [1.165, 1.54) is 5.56 Å². The van der Waals surface area contributed by atoms with Crippen LogP contribution in [0.1, 0.15) is 30.5 Å². The lowest BCUT2D eigenvalue weighted by molar-refractivity contribution is -0.137. The molecule has 6 nitrogen and oxygen atoms in total. The molecular weight excluding hydrogens is 256 g/mol. The summed E-state index contributed by atoms with van der Waals surface area (Å²) in [6.07, 6.45) is 8.91. The molecule has 0 aliphatic carbocycles. The minimum Gasteiger partial charge on any atom is -0.481 e. The van der Waals surface area contributed by atoms with E-state index >= 15 is 0 Å². The first-order valence-electron chi connectivity index (χ1n) is 6.74. The summed E-state index contributed by atoms with van der Waals surface area (Å²) in [5.74, 6) is -0.745. The van der Waals surface area contributed by atoms with Crippen molar-refractivity contribution in [2.24, 2.45) is 0 Å². The van der Waals surface area contributed by atoms with Crippen molar-refractivity contribution in [1.29, 1.82) is 0 Å². The van der Waals surface area contributed by atoms with Gasteiger partial charge in [-0.2, -0.15) is 0 Å². The van der Waals surface area contributed by atoms with Crippen molar-refractivity contribution in [3.63, 3.8) is 0 Å². The Morgan fingerprint density at radius 2 is 2.20 bits per heavy atom. The number of aryl methyl sites for hydroxylation is 3. The van der Waals surface area contributed by atoms with Gasteiger partial charge in [-0.15, -0.1) is 5.10 Å². The van der Waals surface area contributed by atoms with E-state index in [1.807, 2.05) is 29.2 Å². The van der Waals surface area contributed by atoms with Crippen molar-refractivity contribution >= 4 is 5.97 Å². The van der Waals surface area contributed by atoms with Gasteiger partial charge in [0, 0.05) is 31.6 Å². The van der Waals surface area contributed by atoms with Gasteiger partial charge in [-0.3, -0.25) is 14.5 Å². The molecule has 0 spiro atoms. The summed E-state index contributed by atoms with van der Waals surface area (Å²) in [4.78, 5) is 14.5. The van der Waals surface area contributed by atoms with Gasteiger partial charge in [0.2, 0.25) is 0 Å². The number of pyridine rings is 1. The molecule has 0 fully saturated rings. The highest BCUT2D eigenvalue weighted by Crippen LogP contribution is 2.04. The molecule has 0 aliphatic rings. The highest BCUT2D eigenvalue weighted by molar-refractivity contribution is 5.66. The van der Waals surface area contributed by atoms with Crippen molar-refractivity contribution in [1.82, 2.24) is 20.0 Å². The van der Waals surface area contributed by atoms with Crippen molar-refractivity contribution in [3.8, 4) is 0 Å². The van der Waals surface area contributed by atoms with Gasteiger partial charge in [0.1, 0.15) is 0 Å². The third-order valence-electron chi connectivity index (χ3n) is 3.01. The van der Waals surface area contributed by atoms with Gasteiger partial charge in [0.25, 0.3) is 0 Å². The van der Waals surface area contributed by atoms with Gasteiger partial charge in [0.15, 0.2) is 0 Å². The highest BCUT2D eigenvalue weighted by atomic mass is 16.4. The Morgan fingerprint density at radius 3 is 2.95 bits per heavy atom. The van der Waals surface area contributed by atoms with Crippen molar-refractivity contribution in [3.05, 3.63) is 42.0 Å². The van der Waals surface area contributed by atoms with E-state index in [9.17, 15) is 4.79 Å². The van der Waals surface area contributed by atoms with Gasteiger partial charge in [0.05, 0.1) is 5.69 Å². The zero-order chi connectivity index (χ0) is 14.2. The van der Waals surface area contributed by atoms with E-state index in [0.29, 0.717) is 6.42 Å². The lowest BCUT2D eigenvalue weighted by Crippen LogP contribution is -2.02. The molecule has 2 heterocycles. The Balaban J connectivity index is 1.73. The molecule has 106 valence electrons. The van der Waals surface area contributed by atoms with Gasteiger partial charge < -0.3 is 5.11 Å². The van der Waals surface area contributed by atoms with E-state index < -0.39 is 5.97 Å². The van der Waals surface area contributed by atoms with E-state index in [2.05, 4.69) is 15.3 Å². The maximum Gasteiger partial charge on any atom is 0.303 e. The number of unbranched alkanes of at least 4 members (excludes halogenated alkanes) is 1. The van der Waals surface area contributed by atoms with Crippen LogP contribution in [0.2, 0.25) is 0 Å². The monoisotopic (exact) mass is 274 g/mol. The largest absolute Gasteiger partial charge is 0.481 e. The minimum atomic E-state index is -0.745. The molecular formula is C14H18N4O2. The van der Waals surface area contributed by atoms with Crippen LogP contribution in [0.5, 0.6) is 0 Å². The summed E-state index contributed by atoms with van der Waals surface area (Å²) in [6, 6.07) is 3.96. The fourth-order valence-corrected chi connectivity index (χ4v) is 1.93. The number of aliphatic carboxylic acids is 1. The maximum absolute atomic E-state index is 10.4.